The number of allylic oxidation sites excluding steroid dienone is 1. The highest BCUT2D eigenvalue weighted by atomic mass is 19.4. The first-order chi connectivity index (χ1) is 10.4. The first-order valence-electron chi connectivity index (χ1n) is 7.45. The van der Waals surface area contributed by atoms with Crippen LogP contribution in [-0.2, 0) is 0 Å². The molecule has 0 aliphatic rings. The quantitative estimate of drug-likeness (QED) is 0.567. The van der Waals surface area contributed by atoms with Gasteiger partial charge in [0.25, 0.3) is 0 Å². The molecular formula is C18H21F3O. The normalized spacial score (nSPS) is 13.4. The van der Waals surface area contributed by atoms with Gasteiger partial charge in [0.2, 0.25) is 0 Å². The summed E-state index contributed by atoms with van der Waals surface area (Å²) in [5.74, 6) is 5.23. The zero-order valence-corrected chi connectivity index (χ0v) is 12.7. The van der Waals surface area contributed by atoms with E-state index in [9.17, 15) is 18.3 Å². The number of hydrogen-bond donors (Lipinski definition) is 1. The van der Waals surface area contributed by atoms with E-state index in [1.165, 1.54) is 0 Å². The van der Waals surface area contributed by atoms with Crippen LogP contribution in [0.4, 0.5) is 13.2 Å². The van der Waals surface area contributed by atoms with Gasteiger partial charge in [-0.3, -0.25) is 0 Å². The number of aliphatic hydroxyl groups is 1. The Balaban J connectivity index is 2.82. The average molecular weight is 310 g/mol. The molecule has 22 heavy (non-hydrogen) atoms. The number of halogens is 3. The molecule has 1 aromatic carbocycles. The Morgan fingerprint density at radius 3 is 2.45 bits per heavy atom. The standard InChI is InChI=1S/C18H21F3O/c1-2-3-4-5-6-8-13-16(14-18(19,20)21)17(22)15-11-9-7-10-12-15/h7,9-12,14,17,22H,2-6H2,1H3/b16-14+. The molecule has 1 atom stereocenters. The molecule has 1 aromatic rings. The van der Waals surface area contributed by atoms with E-state index in [-0.39, 0.29) is 11.6 Å². The Labute approximate surface area is 129 Å². The first-order valence-corrected chi connectivity index (χ1v) is 7.45. The maximum Gasteiger partial charge on any atom is 0.410 e. The van der Waals surface area contributed by atoms with E-state index < -0.39 is 12.3 Å². The van der Waals surface area contributed by atoms with Gasteiger partial charge in [0, 0.05) is 18.1 Å². The van der Waals surface area contributed by atoms with Crippen LogP contribution < -0.4 is 0 Å². The Morgan fingerprint density at radius 2 is 1.86 bits per heavy atom. The minimum atomic E-state index is -4.50. The van der Waals surface area contributed by atoms with Crippen LogP contribution in [0.5, 0.6) is 0 Å². The fourth-order valence-electron chi connectivity index (χ4n) is 1.98. The predicted molar refractivity (Wildman–Crippen MR) is 82.1 cm³/mol. The highest BCUT2D eigenvalue weighted by Gasteiger charge is 2.26. The van der Waals surface area contributed by atoms with E-state index >= 15 is 0 Å². The number of aliphatic hydroxyl groups excluding tert-OH is 1. The summed E-state index contributed by atoms with van der Waals surface area (Å²) in [6.07, 6.45) is -1.15. The third-order valence-corrected chi connectivity index (χ3v) is 3.12. The summed E-state index contributed by atoms with van der Waals surface area (Å²) in [6, 6.07) is 8.24. The molecule has 0 amide bonds. The molecule has 4 heteroatoms. The Morgan fingerprint density at radius 1 is 1.18 bits per heavy atom. The molecule has 0 aliphatic heterocycles. The smallest absolute Gasteiger partial charge is 0.383 e. The summed E-state index contributed by atoms with van der Waals surface area (Å²) in [5, 5.41) is 10.1. The molecule has 0 radical (unpaired) electrons. The van der Waals surface area contributed by atoms with E-state index in [4.69, 9.17) is 0 Å². The van der Waals surface area contributed by atoms with Crippen molar-refractivity contribution in [3.8, 4) is 11.8 Å². The van der Waals surface area contributed by atoms with Crippen molar-refractivity contribution in [3.05, 3.63) is 47.5 Å². The largest absolute Gasteiger partial charge is 0.410 e. The lowest BCUT2D eigenvalue weighted by molar-refractivity contribution is -0.0810. The SMILES string of the molecule is CCCCCCC#C/C(=C\C(F)(F)F)C(O)c1ccccc1. The van der Waals surface area contributed by atoms with Crippen molar-refractivity contribution in [2.45, 2.75) is 51.3 Å². The fourth-order valence-corrected chi connectivity index (χ4v) is 1.98. The van der Waals surface area contributed by atoms with Gasteiger partial charge in [-0.15, -0.1) is 0 Å². The van der Waals surface area contributed by atoms with Crippen molar-refractivity contribution >= 4 is 0 Å². The fraction of sp³-hybridized carbons (Fsp3) is 0.444. The monoisotopic (exact) mass is 310 g/mol. The predicted octanol–water partition coefficient (Wildman–Crippen LogP) is 5.18. The molecule has 0 spiro atoms. The molecule has 0 heterocycles. The maximum atomic E-state index is 12.6. The summed E-state index contributed by atoms with van der Waals surface area (Å²) in [6.45, 7) is 2.09. The van der Waals surface area contributed by atoms with Crippen molar-refractivity contribution in [2.75, 3.05) is 0 Å². The zero-order valence-electron chi connectivity index (χ0n) is 12.7. The second-order valence-corrected chi connectivity index (χ2v) is 5.07. The number of hydrogen-bond acceptors (Lipinski definition) is 1. The van der Waals surface area contributed by atoms with Crippen LogP contribution in [0.3, 0.4) is 0 Å². The highest BCUT2D eigenvalue weighted by Crippen LogP contribution is 2.26. The van der Waals surface area contributed by atoms with Crippen LogP contribution in [0.15, 0.2) is 42.0 Å². The van der Waals surface area contributed by atoms with Gasteiger partial charge >= 0.3 is 6.18 Å². The van der Waals surface area contributed by atoms with E-state index in [0.717, 1.165) is 25.7 Å². The Kier molecular flexibility index (Phi) is 7.76. The van der Waals surface area contributed by atoms with Gasteiger partial charge in [-0.2, -0.15) is 13.2 Å². The lowest BCUT2D eigenvalue weighted by Crippen LogP contribution is -2.08. The summed E-state index contributed by atoms with van der Waals surface area (Å²) in [5.41, 5.74) is 0.0903. The number of benzene rings is 1. The molecule has 1 unspecified atom stereocenters. The van der Waals surface area contributed by atoms with Crippen molar-refractivity contribution < 1.29 is 18.3 Å². The molecular weight excluding hydrogens is 289 g/mol. The van der Waals surface area contributed by atoms with E-state index in [0.29, 0.717) is 12.0 Å². The highest BCUT2D eigenvalue weighted by molar-refractivity contribution is 5.38. The molecule has 0 saturated carbocycles. The minimum Gasteiger partial charge on any atom is -0.383 e. The van der Waals surface area contributed by atoms with Gasteiger partial charge < -0.3 is 5.11 Å². The Bertz CT molecular complexity index is 521. The molecule has 0 aliphatic carbocycles. The van der Waals surface area contributed by atoms with E-state index in [2.05, 4.69) is 18.8 Å². The van der Waals surface area contributed by atoms with Crippen molar-refractivity contribution in [2.24, 2.45) is 0 Å². The molecule has 1 nitrogen and oxygen atoms in total. The van der Waals surface area contributed by atoms with Gasteiger partial charge in [-0.25, -0.2) is 0 Å². The van der Waals surface area contributed by atoms with E-state index in [1.54, 1.807) is 30.3 Å². The number of alkyl halides is 3. The van der Waals surface area contributed by atoms with Crippen molar-refractivity contribution in [1.29, 1.82) is 0 Å². The molecule has 0 aromatic heterocycles. The third-order valence-electron chi connectivity index (χ3n) is 3.12. The maximum absolute atomic E-state index is 12.6. The summed E-state index contributed by atoms with van der Waals surface area (Å²) < 4.78 is 37.8. The first kappa shape index (κ1) is 18.3. The van der Waals surface area contributed by atoms with Gasteiger partial charge in [0.1, 0.15) is 6.10 Å². The van der Waals surface area contributed by atoms with Crippen LogP contribution >= 0.6 is 0 Å². The van der Waals surface area contributed by atoms with E-state index in [1.807, 2.05) is 0 Å². The van der Waals surface area contributed by atoms with Crippen LogP contribution in [0.2, 0.25) is 0 Å². The minimum absolute atomic E-state index is 0.0870. The van der Waals surface area contributed by atoms with Gasteiger partial charge in [0.15, 0.2) is 0 Å². The molecule has 0 saturated heterocycles. The molecule has 120 valence electrons. The Hall–Kier alpha value is -1.73. The van der Waals surface area contributed by atoms with Crippen LogP contribution in [-0.4, -0.2) is 11.3 Å². The van der Waals surface area contributed by atoms with Crippen molar-refractivity contribution in [3.63, 3.8) is 0 Å². The number of unbranched alkanes of at least 4 members (excludes halogenated alkanes) is 4. The summed E-state index contributed by atoms with van der Waals surface area (Å²) in [7, 11) is 0. The lowest BCUT2D eigenvalue weighted by atomic mass is 10.0. The van der Waals surface area contributed by atoms with Crippen LogP contribution in [0.1, 0.15) is 50.7 Å². The lowest BCUT2D eigenvalue weighted by Gasteiger charge is -2.12. The second kappa shape index (κ2) is 9.32. The zero-order chi connectivity index (χ0) is 16.4. The molecule has 0 fully saturated rings. The molecule has 1 rings (SSSR count). The molecule has 0 bridgehead atoms. The van der Waals surface area contributed by atoms with Gasteiger partial charge in [-0.1, -0.05) is 68.4 Å². The second-order valence-electron chi connectivity index (χ2n) is 5.07. The van der Waals surface area contributed by atoms with Gasteiger partial charge in [-0.05, 0) is 12.0 Å². The van der Waals surface area contributed by atoms with Gasteiger partial charge in [0.05, 0.1) is 0 Å². The third kappa shape index (κ3) is 7.33. The van der Waals surface area contributed by atoms with Crippen molar-refractivity contribution in [1.82, 2.24) is 0 Å². The molecule has 1 N–H and O–H groups in total. The number of rotatable bonds is 6. The topological polar surface area (TPSA) is 20.2 Å². The summed E-state index contributed by atoms with van der Waals surface area (Å²) in [4.78, 5) is 0. The average Bonchev–Trinajstić information content (AvgIpc) is 2.48. The van der Waals surface area contributed by atoms with Crippen LogP contribution in [0.25, 0.3) is 0 Å². The summed E-state index contributed by atoms with van der Waals surface area (Å²) >= 11 is 0. The van der Waals surface area contributed by atoms with Crippen LogP contribution in [0, 0.1) is 11.8 Å².